The highest BCUT2D eigenvalue weighted by Gasteiger charge is 2.23. The third-order valence-corrected chi connectivity index (χ3v) is 4.39. The Bertz CT molecular complexity index is 566. The lowest BCUT2D eigenvalue weighted by Gasteiger charge is -2.33. The van der Waals surface area contributed by atoms with E-state index in [-0.39, 0.29) is 5.41 Å². The van der Waals surface area contributed by atoms with Gasteiger partial charge >= 0.3 is 0 Å². The van der Waals surface area contributed by atoms with Crippen LogP contribution >= 0.6 is 11.3 Å². The number of hydrogen-bond donors (Lipinski definition) is 0. The lowest BCUT2D eigenvalue weighted by molar-refractivity contribution is 0.215. The van der Waals surface area contributed by atoms with Gasteiger partial charge in [0.15, 0.2) is 11.0 Å². The van der Waals surface area contributed by atoms with Crippen LogP contribution in [-0.2, 0) is 12.0 Å². The van der Waals surface area contributed by atoms with Crippen LogP contribution in [-0.4, -0.2) is 46.2 Å². The maximum atomic E-state index is 5.37. The van der Waals surface area contributed by atoms with E-state index in [1.165, 1.54) is 0 Å². The van der Waals surface area contributed by atoms with Crippen molar-refractivity contribution in [2.45, 2.75) is 32.7 Å². The molecule has 1 fully saturated rings. The largest absolute Gasteiger partial charge is 0.346 e. The maximum absolute atomic E-state index is 5.37. The van der Waals surface area contributed by atoms with Gasteiger partial charge < -0.3 is 9.42 Å². The van der Waals surface area contributed by atoms with Crippen molar-refractivity contribution in [1.29, 1.82) is 0 Å². The normalized spacial score (nSPS) is 17.4. The summed E-state index contributed by atoms with van der Waals surface area (Å²) in [4.78, 5) is 13.5. The summed E-state index contributed by atoms with van der Waals surface area (Å²) in [5.41, 5.74) is -0.0642. The summed E-state index contributed by atoms with van der Waals surface area (Å²) in [5.74, 6) is 1.49. The number of anilines is 1. The molecular weight excluding hydrogens is 286 g/mol. The highest BCUT2D eigenvalue weighted by Crippen LogP contribution is 2.21. The molecule has 0 saturated carbocycles. The van der Waals surface area contributed by atoms with E-state index in [1.54, 1.807) is 11.3 Å². The molecule has 0 aliphatic carbocycles. The van der Waals surface area contributed by atoms with Crippen LogP contribution in [0.1, 0.15) is 32.5 Å². The van der Waals surface area contributed by atoms with Crippen LogP contribution in [0.5, 0.6) is 0 Å². The fraction of sp³-hybridized carbons (Fsp3) is 0.643. The van der Waals surface area contributed by atoms with Gasteiger partial charge in [0.05, 0.1) is 6.54 Å². The molecule has 114 valence electrons. The molecule has 0 radical (unpaired) electrons. The molecule has 3 heterocycles. The number of rotatable bonds is 3. The molecule has 0 amide bonds. The van der Waals surface area contributed by atoms with Crippen molar-refractivity contribution in [2.24, 2.45) is 0 Å². The summed E-state index contributed by atoms with van der Waals surface area (Å²) >= 11 is 1.70. The molecule has 1 aliphatic rings. The molecule has 0 spiro atoms. The molecule has 0 bridgehead atoms. The van der Waals surface area contributed by atoms with E-state index in [2.05, 4.69) is 45.7 Å². The van der Waals surface area contributed by atoms with Gasteiger partial charge in [-0.05, 0) is 0 Å². The van der Waals surface area contributed by atoms with Crippen LogP contribution < -0.4 is 4.90 Å². The first-order chi connectivity index (χ1) is 10.0. The molecule has 0 N–H and O–H groups in total. The number of hydrogen-bond acceptors (Lipinski definition) is 7. The first-order valence-electron chi connectivity index (χ1n) is 7.22. The van der Waals surface area contributed by atoms with Crippen molar-refractivity contribution in [1.82, 2.24) is 20.0 Å². The fourth-order valence-corrected chi connectivity index (χ4v) is 2.98. The van der Waals surface area contributed by atoms with Crippen molar-refractivity contribution >= 4 is 16.5 Å². The fourth-order valence-electron chi connectivity index (χ4n) is 2.28. The molecule has 7 heteroatoms. The molecule has 3 rings (SSSR count). The van der Waals surface area contributed by atoms with Crippen LogP contribution in [0.2, 0.25) is 0 Å². The molecule has 2 aromatic heterocycles. The first kappa shape index (κ1) is 14.5. The number of aromatic nitrogens is 3. The smallest absolute Gasteiger partial charge is 0.240 e. The SMILES string of the molecule is CC(C)(C)c1noc(CN2CCN(c3nccs3)CC2)n1. The van der Waals surface area contributed by atoms with Crippen molar-refractivity contribution in [3.8, 4) is 0 Å². The topological polar surface area (TPSA) is 58.3 Å². The van der Waals surface area contributed by atoms with Gasteiger partial charge in [-0.15, -0.1) is 11.3 Å². The summed E-state index contributed by atoms with van der Waals surface area (Å²) in [6.07, 6.45) is 1.86. The van der Waals surface area contributed by atoms with Gasteiger partial charge in [-0.25, -0.2) is 4.98 Å². The molecule has 0 atom stereocenters. The van der Waals surface area contributed by atoms with Crippen LogP contribution in [0.25, 0.3) is 0 Å². The Morgan fingerprint density at radius 1 is 1.24 bits per heavy atom. The molecule has 6 nitrogen and oxygen atoms in total. The number of piperazine rings is 1. The Hall–Kier alpha value is -1.47. The van der Waals surface area contributed by atoms with Crippen molar-refractivity contribution in [2.75, 3.05) is 31.1 Å². The van der Waals surface area contributed by atoms with Gasteiger partial charge in [0, 0.05) is 43.2 Å². The lowest BCUT2D eigenvalue weighted by atomic mass is 9.96. The zero-order valence-corrected chi connectivity index (χ0v) is 13.6. The molecular formula is C14H21N5OS. The molecule has 0 unspecified atom stereocenters. The van der Waals surface area contributed by atoms with E-state index >= 15 is 0 Å². The third-order valence-electron chi connectivity index (χ3n) is 3.56. The summed E-state index contributed by atoms with van der Waals surface area (Å²) < 4.78 is 5.37. The predicted octanol–water partition coefficient (Wildman–Crippen LogP) is 2.15. The van der Waals surface area contributed by atoms with Gasteiger partial charge in [0.25, 0.3) is 0 Å². The highest BCUT2D eigenvalue weighted by atomic mass is 32.1. The van der Waals surface area contributed by atoms with E-state index in [9.17, 15) is 0 Å². The average molecular weight is 307 g/mol. The second-order valence-electron chi connectivity index (χ2n) is 6.34. The van der Waals surface area contributed by atoms with Gasteiger partial charge in [-0.3, -0.25) is 4.90 Å². The number of thiazole rings is 1. The van der Waals surface area contributed by atoms with Crippen LogP contribution in [0.4, 0.5) is 5.13 Å². The van der Waals surface area contributed by atoms with Crippen molar-refractivity contribution in [3.63, 3.8) is 0 Å². The molecule has 1 aliphatic heterocycles. The Labute approximate surface area is 128 Å². The van der Waals surface area contributed by atoms with E-state index in [4.69, 9.17) is 4.52 Å². The van der Waals surface area contributed by atoms with Crippen LogP contribution in [0.3, 0.4) is 0 Å². The van der Waals surface area contributed by atoms with Crippen LogP contribution in [0, 0.1) is 0 Å². The molecule has 2 aromatic rings. The highest BCUT2D eigenvalue weighted by molar-refractivity contribution is 7.13. The van der Waals surface area contributed by atoms with E-state index in [0.717, 1.165) is 43.7 Å². The minimum absolute atomic E-state index is 0.0642. The predicted molar refractivity (Wildman–Crippen MR) is 82.6 cm³/mol. The summed E-state index contributed by atoms with van der Waals surface area (Å²) in [6.45, 7) is 11.0. The minimum atomic E-state index is -0.0642. The maximum Gasteiger partial charge on any atom is 0.240 e. The zero-order chi connectivity index (χ0) is 14.9. The standard InChI is InChI=1S/C14H21N5OS/c1-14(2,3)12-16-11(20-17-12)10-18-5-7-19(8-6-18)13-15-4-9-21-13/h4,9H,5-8,10H2,1-3H3. The average Bonchev–Trinajstić information content (AvgIpc) is 3.09. The third kappa shape index (κ3) is 3.41. The zero-order valence-electron chi connectivity index (χ0n) is 12.7. The monoisotopic (exact) mass is 307 g/mol. The summed E-state index contributed by atoms with van der Waals surface area (Å²) in [6, 6.07) is 0. The summed E-state index contributed by atoms with van der Waals surface area (Å²) in [7, 11) is 0. The van der Waals surface area contributed by atoms with E-state index < -0.39 is 0 Å². The molecule has 1 saturated heterocycles. The van der Waals surface area contributed by atoms with Crippen molar-refractivity contribution in [3.05, 3.63) is 23.3 Å². The van der Waals surface area contributed by atoms with Crippen LogP contribution in [0.15, 0.2) is 16.1 Å². The first-order valence-corrected chi connectivity index (χ1v) is 8.10. The minimum Gasteiger partial charge on any atom is -0.346 e. The quantitative estimate of drug-likeness (QED) is 0.866. The Kier molecular flexibility index (Phi) is 3.95. The molecule has 0 aromatic carbocycles. The Morgan fingerprint density at radius 2 is 2.00 bits per heavy atom. The second kappa shape index (κ2) is 5.73. The second-order valence-corrected chi connectivity index (χ2v) is 7.21. The Morgan fingerprint density at radius 3 is 2.57 bits per heavy atom. The number of nitrogens with zero attached hydrogens (tertiary/aromatic N) is 5. The lowest BCUT2D eigenvalue weighted by Crippen LogP contribution is -2.46. The van der Waals surface area contributed by atoms with Gasteiger partial charge in [-0.1, -0.05) is 25.9 Å². The van der Waals surface area contributed by atoms with Gasteiger partial charge in [0.1, 0.15) is 0 Å². The van der Waals surface area contributed by atoms with Gasteiger partial charge in [0.2, 0.25) is 5.89 Å². The van der Waals surface area contributed by atoms with Crippen molar-refractivity contribution < 1.29 is 4.52 Å². The Balaban J connectivity index is 1.55. The van der Waals surface area contributed by atoms with E-state index in [0.29, 0.717) is 5.89 Å². The van der Waals surface area contributed by atoms with E-state index in [1.807, 2.05) is 11.6 Å². The van der Waals surface area contributed by atoms with Gasteiger partial charge in [-0.2, -0.15) is 4.98 Å². The summed E-state index contributed by atoms with van der Waals surface area (Å²) in [5, 5.41) is 7.21. The molecule has 21 heavy (non-hydrogen) atoms.